The van der Waals surface area contributed by atoms with Gasteiger partial charge in [-0.3, -0.25) is 0 Å². The number of hydrogen-bond acceptors (Lipinski definition) is 4. The molecule has 0 bridgehead atoms. The van der Waals surface area contributed by atoms with E-state index < -0.39 is 10.0 Å². The second-order valence-corrected chi connectivity index (χ2v) is 5.40. The molecule has 1 heterocycles. The first-order chi connectivity index (χ1) is 7.99. The Morgan fingerprint density at radius 3 is 2.76 bits per heavy atom. The number of sulfonamides is 1. The molecule has 0 radical (unpaired) electrons. The van der Waals surface area contributed by atoms with Crippen molar-refractivity contribution in [2.45, 2.75) is 38.3 Å². The molecule has 1 atom stereocenters. The lowest BCUT2D eigenvalue weighted by molar-refractivity contribution is 0.0799. The van der Waals surface area contributed by atoms with E-state index in [4.69, 9.17) is 4.74 Å². The van der Waals surface area contributed by atoms with Gasteiger partial charge in [-0.15, -0.1) is 0 Å². The van der Waals surface area contributed by atoms with Crippen LogP contribution in [0.25, 0.3) is 0 Å². The van der Waals surface area contributed by atoms with Crippen molar-refractivity contribution in [2.75, 3.05) is 13.2 Å². The predicted molar refractivity (Wildman–Crippen MR) is 64.2 cm³/mol. The molecule has 1 aromatic heterocycles. The number of imidazole rings is 1. The molecular formula is C10H19N3O3S. The van der Waals surface area contributed by atoms with Crippen LogP contribution in [0.1, 0.15) is 26.6 Å². The van der Waals surface area contributed by atoms with E-state index in [9.17, 15) is 8.42 Å². The highest BCUT2D eigenvalue weighted by molar-refractivity contribution is 7.89. The van der Waals surface area contributed by atoms with Gasteiger partial charge in [0, 0.05) is 19.6 Å². The summed E-state index contributed by atoms with van der Waals surface area (Å²) < 4.78 is 31.4. The summed E-state index contributed by atoms with van der Waals surface area (Å²) in [5.74, 6) is 0.656. The van der Waals surface area contributed by atoms with Gasteiger partial charge in [0.25, 0.3) is 10.0 Å². The molecule has 2 N–H and O–H groups in total. The molecule has 98 valence electrons. The van der Waals surface area contributed by atoms with E-state index >= 15 is 0 Å². The predicted octanol–water partition coefficient (Wildman–Crippen LogP) is 0.675. The minimum atomic E-state index is -3.51. The number of nitrogens with one attached hydrogen (secondary N) is 2. The monoisotopic (exact) mass is 261 g/mol. The minimum absolute atomic E-state index is 0.0954. The fourth-order valence-electron chi connectivity index (χ4n) is 1.31. The highest BCUT2D eigenvalue weighted by Gasteiger charge is 2.17. The fraction of sp³-hybridized carbons (Fsp3) is 0.700. The highest BCUT2D eigenvalue weighted by atomic mass is 32.2. The molecule has 0 aliphatic heterocycles. The average molecular weight is 261 g/mol. The third kappa shape index (κ3) is 4.10. The Morgan fingerprint density at radius 2 is 2.24 bits per heavy atom. The number of aromatic nitrogens is 2. The van der Waals surface area contributed by atoms with Crippen LogP contribution < -0.4 is 4.72 Å². The van der Waals surface area contributed by atoms with E-state index in [1.54, 1.807) is 0 Å². The van der Waals surface area contributed by atoms with Crippen molar-refractivity contribution < 1.29 is 13.2 Å². The van der Waals surface area contributed by atoms with Gasteiger partial charge >= 0.3 is 0 Å². The average Bonchev–Trinajstić information content (AvgIpc) is 2.76. The SMILES string of the molecule is CCOC(C)CNS(=O)(=O)c1cnc(CC)[nH]1. The van der Waals surface area contributed by atoms with E-state index in [1.807, 2.05) is 20.8 Å². The molecule has 0 aliphatic rings. The zero-order valence-corrected chi connectivity index (χ0v) is 11.2. The molecule has 1 aromatic rings. The molecule has 0 saturated heterocycles. The Hall–Kier alpha value is -0.920. The second kappa shape index (κ2) is 6.13. The minimum Gasteiger partial charge on any atom is -0.377 e. The van der Waals surface area contributed by atoms with Gasteiger partial charge in [0.15, 0.2) is 5.03 Å². The summed E-state index contributed by atoms with van der Waals surface area (Å²) in [6.45, 7) is 6.40. The molecule has 0 amide bonds. The van der Waals surface area contributed by atoms with E-state index in [2.05, 4.69) is 14.7 Å². The first-order valence-corrected chi connectivity index (χ1v) is 7.13. The van der Waals surface area contributed by atoms with Crippen molar-refractivity contribution in [1.29, 1.82) is 0 Å². The maximum Gasteiger partial charge on any atom is 0.257 e. The number of aromatic amines is 1. The van der Waals surface area contributed by atoms with Crippen molar-refractivity contribution in [3.63, 3.8) is 0 Å². The van der Waals surface area contributed by atoms with Crippen molar-refractivity contribution in [2.24, 2.45) is 0 Å². The Balaban J connectivity index is 2.62. The number of aryl methyl sites for hydroxylation is 1. The standard InChI is InChI=1S/C10H19N3O3S/c1-4-9-11-7-10(13-9)17(14,15)12-6-8(3)16-5-2/h7-8,12H,4-6H2,1-3H3,(H,11,13). The van der Waals surface area contributed by atoms with Gasteiger partial charge in [-0.05, 0) is 13.8 Å². The lowest BCUT2D eigenvalue weighted by Gasteiger charge is -2.11. The van der Waals surface area contributed by atoms with Gasteiger partial charge < -0.3 is 9.72 Å². The van der Waals surface area contributed by atoms with Gasteiger partial charge in [-0.1, -0.05) is 6.92 Å². The molecule has 7 heteroatoms. The van der Waals surface area contributed by atoms with Crippen molar-refractivity contribution in [1.82, 2.24) is 14.7 Å². The van der Waals surface area contributed by atoms with Gasteiger partial charge in [0.1, 0.15) is 5.82 Å². The third-order valence-electron chi connectivity index (χ3n) is 2.24. The second-order valence-electron chi connectivity index (χ2n) is 3.67. The van der Waals surface area contributed by atoms with E-state index in [0.717, 1.165) is 0 Å². The smallest absolute Gasteiger partial charge is 0.257 e. The van der Waals surface area contributed by atoms with Crippen LogP contribution in [0.2, 0.25) is 0 Å². The lowest BCUT2D eigenvalue weighted by Crippen LogP contribution is -2.32. The topological polar surface area (TPSA) is 84.1 Å². The van der Waals surface area contributed by atoms with Crippen LogP contribution in [-0.2, 0) is 21.2 Å². The normalized spacial score (nSPS) is 13.8. The molecule has 1 rings (SSSR count). The molecule has 1 unspecified atom stereocenters. The first kappa shape index (κ1) is 14.1. The zero-order valence-electron chi connectivity index (χ0n) is 10.4. The van der Waals surface area contributed by atoms with Gasteiger partial charge in [-0.2, -0.15) is 0 Å². The molecule has 0 spiro atoms. The molecule has 0 aromatic carbocycles. The maximum absolute atomic E-state index is 11.8. The van der Waals surface area contributed by atoms with Crippen LogP contribution in [0, 0.1) is 0 Å². The number of hydrogen-bond donors (Lipinski definition) is 2. The highest BCUT2D eigenvalue weighted by Crippen LogP contribution is 2.05. The quantitative estimate of drug-likeness (QED) is 0.756. The largest absolute Gasteiger partial charge is 0.377 e. The Bertz CT molecular complexity index is 441. The Kier molecular flexibility index (Phi) is 5.10. The van der Waals surface area contributed by atoms with Crippen LogP contribution >= 0.6 is 0 Å². The number of rotatable bonds is 7. The molecule has 0 saturated carbocycles. The Morgan fingerprint density at radius 1 is 1.53 bits per heavy atom. The van der Waals surface area contributed by atoms with Crippen LogP contribution in [-0.4, -0.2) is 37.6 Å². The molecule has 17 heavy (non-hydrogen) atoms. The molecule has 6 nitrogen and oxygen atoms in total. The Labute approximate surface area is 102 Å². The fourth-order valence-corrected chi connectivity index (χ4v) is 2.36. The summed E-state index contributed by atoms with van der Waals surface area (Å²) in [6, 6.07) is 0. The summed E-state index contributed by atoms with van der Waals surface area (Å²) in [6.07, 6.45) is 1.85. The third-order valence-corrected chi connectivity index (χ3v) is 3.57. The summed E-state index contributed by atoms with van der Waals surface area (Å²) in [4.78, 5) is 6.71. The summed E-state index contributed by atoms with van der Waals surface area (Å²) in [5.41, 5.74) is 0. The van der Waals surface area contributed by atoms with Crippen LogP contribution in [0.4, 0.5) is 0 Å². The van der Waals surface area contributed by atoms with E-state index in [-0.39, 0.29) is 17.7 Å². The zero-order chi connectivity index (χ0) is 12.9. The number of H-pyrrole nitrogens is 1. The van der Waals surface area contributed by atoms with Gasteiger partial charge in [0.05, 0.1) is 12.3 Å². The summed E-state index contributed by atoms with van der Waals surface area (Å²) in [7, 11) is -3.51. The van der Waals surface area contributed by atoms with Crippen LogP contribution in [0.3, 0.4) is 0 Å². The van der Waals surface area contributed by atoms with E-state index in [0.29, 0.717) is 18.9 Å². The lowest BCUT2D eigenvalue weighted by atomic mass is 10.4. The van der Waals surface area contributed by atoms with Crippen molar-refractivity contribution in [3.8, 4) is 0 Å². The van der Waals surface area contributed by atoms with Crippen molar-refractivity contribution >= 4 is 10.0 Å². The van der Waals surface area contributed by atoms with Gasteiger partial charge in [-0.25, -0.2) is 18.1 Å². The maximum atomic E-state index is 11.8. The molecular weight excluding hydrogens is 242 g/mol. The van der Waals surface area contributed by atoms with Crippen molar-refractivity contribution in [3.05, 3.63) is 12.0 Å². The molecule has 0 aliphatic carbocycles. The summed E-state index contributed by atoms with van der Waals surface area (Å²) >= 11 is 0. The first-order valence-electron chi connectivity index (χ1n) is 5.64. The van der Waals surface area contributed by atoms with E-state index in [1.165, 1.54) is 6.20 Å². The summed E-state index contributed by atoms with van der Waals surface area (Å²) in [5, 5.41) is 0.0954. The van der Waals surface area contributed by atoms with Crippen LogP contribution in [0.5, 0.6) is 0 Å². The van der Waals surface area contributed by atoms with Crippen LogP contribution in [0.15, 0.2) is 11.2 Å². The number of ether oxygens (including phenoxy) is 1. The van der Waals surface area contributed by atoms with Gasteiger partial charge in [0.2, 0.25) is 0 Å². The molecule has 0 fully saturated rings. The number of nitrogens with zero attached hydrogens (tertiary/aromatic N) is 1.